The van der Waals surface area contributed by atoms with Crippen LogP contribution in [0.3, 0.4) is 0 Å². The molecule has 5 nitrogen and oxygen atoms in total. The van der Waals surface area contributed by atoms with Gasteiger partial charge in [-0.05, 0) is 30.5 Å². The summed E-state index contributed by atoms with van der Waals surface area (Å²) in [5.74, 6) is -1.32. The molecule has 0 aliphatic carbocycles. The highest BCUT2D eigenvalue weighted by Gasteiger charge is 2.33. The lowest BCUT2D eigenvalue weighted by molar-refractivity contribution is -0.139. The first-order valence-electron chi connectivity index (χ1n) is 6.68. The molecule has 1 aromatic rings. The van der Waals surface area contributed by atoms with Gasteiger partial charge in [-0.2, -0.15) is 0 Å². The zero-order valence-electron chi connectivity index (χ0n) is 11.8. The van der Waals surface area contributed by atoms with Crippen LogP contribution in [0.5, 0.6) is 0 Å². The molecule has 1 aliphatic rings. The van der Waals surface area contributed by atoms with Gasteiger partial charge in [0, 0.05) is 12.6 Å². The molecule has 0 radical (unpaired) electrons. The van der Waals surface area contributed by atoms with E-state index in [4.69, 9.17) is 5.11 Å². The van der Waals surface area contributed by atoms with Crippen LogP contribution in [-0.4, -0.2) is 48.5 Å². The van der Waals surface area contributed by atoms with E-state index < -0.39 is 15.8 Å². The molecule has 1 unspecified atom stereocenters. The maximum atomic E-state index is 13.6. The quantitative estimate of drug-likeness (QED) is 0.884. The summed E-state index contributed by atoms with van der Waals surface area (Å²) in [6, 6.07) is 4.41. The number of rotatable bonds is 5. The van der Waals surface area contributed by atoms with Crippen molar-refractivity contribution in [2.24, 2.45) is 0 Å². The van der Waals surface area contributed by atoms with Gasteiger partial charge in [0.15, 0.2) is 9.84 Å². The van der Waals surface area contributed by atoms with Gasteiger partial charge in [0.1, 0.15) is 5.82 Å². The number of aliphatic carboxylic acids is 1. The first-order valence-corrected chi connectivity index (χ1v) is 8.50. The predicted octanol–water partition coefficient (Wildman–Crippen LogP) is 1.21. The van der Waals surface area contributed by atoms with Crippen LogP contribution in [-0.2, 0) is 21.2 Å². The molecule has 0 bridgehead atoms. The number of carboxylic acid groups (broad SMARTS) is 1. The molecule has 1 N–H and O–H groups in total. The molecular formula is C14H18FNO4S. The summed E-state index contributed by atoms with van der Waals surface area (Å²) in [6.07, 6.45) is 0.421. The van der Waals surface area contributed by atoms with Gasteiger partial charge in [-0.15, -0.1) is 0 Å². The van der Waals surface area contributed by atoms with E-state index in [1.807, 2.05) is 0 Å². The van der Waals surface area contributed by atoms with Crippen LogP contribution < -0.4 is 0 Å². The van der Waals surface area contributed by atoms with E-state index in [1.54, 1.807) is 24.0 Å². The normalized spacial score (nSPS) is 20.8. The van der Waals surface area contributed by atoms with E-state index in [0.717, 1.165) is 0 Å². The van der Waals surface area contributed by atoms with Crippen LogP contribution in [0.25, 0.3) is 0 Å². The number of sulfone groups is 1. The Kier molecular flexibility index (Phi) is 4.63. The second-order valence-corrected chi connectivity index (χ2v) is 7.67. The van der Waals surface area contributed by atoms with Gasteiger partial charge in [0.05, 0.1) is 18.1 Å². The Hall–Kier alpha value is -1.47. The summed E-state index contributed by atoms with van der Waals surface area (Å²) in [6.45, 7) is 1.62. The Labute approximate surface area is 123 Å². The van der Waals surface area contributed by atoms with Gasteiger partial charge in [-0.25, -0.2) is 12.8 Å². The third-order valence-electron chi connectivity index (χ3n) is 3.69. The van der Waals surface area contributed by atoms with Crippen molar-refractivity contribution in [2.45, 2.75) is 25.9 Å². The minimum absolute atomic E-state index is 0.0331. The maximum Gasteiger partial charge on any atom is 0.317 e. The summed E-state index contributed by atoms with van der Waals surface area (Å²) in [4.78, 5) is 12.6. The van der Waals surface area contributed by atoms with Crippen molar-refractivity contribution >= 4 is 15.8 Å². The minimum Gasteiger partial charge on any atom is -0.480 e. The van der Waals surface area contributed by atoms with Crippen LogP contribution in [0.15, 0.2) is 18.2 Å². The molecule has 1 aromatic carbocycles. The molecule has 1 heterocycles. The van der Waals surface area contributed by atoms with Gasteiger partial charge in [-0.3, -0.25) is 9.69 Å². The van der Waals surface area contributed by atoms with Crippen molar-refractivity contribution in [1.29, 1.82) is 0 Å². The van der Waals surface area contributed by atoms with Crippen molar-refractivity contribution in [1.82, 2.24) is 4.90 Å². The molecule has 0 saturated carbocycles. The molecular weight excluding hydrogens is 297 g/mol. The highest BCUT2D eigenvalue weighted by Crippen LogP contribution is 2.20. The molecule has 1 aliphatic heterocycles. The molecule has 1 saturated heterocycles. The number of halogens is 1. The summed E-state index contributed by atoms with van der Waals surface area (Å²) < 4.78 is 36.7. The van der Waals surface area contributed by atoms with E-state index in [9.17, 15) is 17.6 Å². The number of hydrogen-bond donors (Lipinski definition) is 1. The second-order valence-electron chi connectivity index (χ2n) is 5.44. The fourth-order valence-corrected chi connectivity index (χ4v) is 4.28. The number of aryl methyl sites for hydroxylation is 1. The molecule has 1 fully saturated rings. The largest absolute Gasteiger partial charge is 0.480 e. The lowest BCUT2D eigenvalue weighted by atomic mass is 10.1. The molecule has 1 atom stereocenters. The zero-order valence-corrected chi connectivity index (χ0v) is 12.6. The number of carboxylic acids is 1. The van der Waals surface area contributed by atoms with Gasteiger partial charge < -0.3 is 5.11 Å². The monoisotopic (exact) mass is 315 g/mol. The van der Waals surface area contributed by atoms with E-state index in [1.165, 1.54) is 6.07 Å². The maximum absolute atomic E-state index is 13.6. The average Bonchev–Trinajstić information content (AvgIpc) is 2.73. The number of benzene rings is 1. The highest BCUT2D eigenvalue weighted by molar-refractivity contribution is 7.91. The first kappa shape index (κ1) is 15.9. The predicted molar refractivity (Wildman–Crippen MR) is 76.2 cm³/mol. The Morgan fingerprint density at radius 1 is 1.48 bits per heavy atom. The van der Waals surface area contributed by atoms with Crippen LogP contribution in [0, 0.1) is 12.7 Å². The van der Waals surface area contributed by atoms with Crippen LogP contribution in [0.4, 0.5) is 4.39 Å². The Morgan fingerprint density at radius 3 is 2.71 bits per heavy atom. The van der Waals surface area contributed by atoms with Gasteiger partial charge in [0.2, 0.25) is 0 Å². The zero-order chi connectivity index (χ0) is 15.6. The summed E-state index contributed by atoms with van der Waals surface area (Å²) in [5.41, 5.74) is 1.16. The van der Waals surface area contributed by atoms with Crippen LogP contribution in [0.2, 0.25) is 0 Å². The number of nitrogens with zero attached hydrogens (tertiary/aromatic N) is 1. The van der Waals surface area contributed by atoms with Crippen molar-refractivity contribution < 1.29 is 22.7 Å². The van der Waals surface area contributed by atoms with Crippen molar-refractivity contribution in [3.8, 4) is 0 Å². The lowest BCUT2D eigenvalue weighted by Gasteiger charge is -2.26. The summed E-state index contributed by atoms with van der Waals surface area (Å²) >= 11 is 0. The van der Waals surface area contributed by atoms with Crippen LogP contribution in [0.1, 0.15) is 17.5 Å². The third kappa shape index (κ3) is 4.25. The van der Waals surface area contributed by atoms with Gasteiger partial charge in [-0.1, -0.05) is 12.1 Å². The van der Waals surface area contributed by atoms with Crippen molar-refractivity contribution in [3.05, 3.63) is 35.1 Å². The van der Waals surface area contributed by atoms with E-state index in [2.05, 4.69) is 0 Å². The molecule has 116 valence electrons. The first-order chi connectivity index (χ1) is 9.77. The number of carbonyl (C=O) groups is 1. The number of hydrogen-bond acceptors (Lipinski definition) is 4. The molecule has 0 amide bonds. The molecule has 0 aromatic heterocycles. The smallest absolute Gasteiger partial charge is 0.317 e. The van der Waals surface area contributed by atoms with Gasteiger partial charge in [0.25, 0.3) is 0 Å². The van der Waals surface area contributed by atoms with Crippen molar-refractivity contribution in [3.63, 3.8) is 0 Å². The SMILES string of the molecule is Cc1ccc(CN(CC(=O)O)C2CCS(=O)(=O)C2)cc1F. The Balaban J connectivity index is 2.16. The lowest BCUT2D eigenvalue weighted by Crippen LogP contribution is -2.39. The fraction of sp³-hybridized carbons (Fsp3) is 0.500. The van der Waals surface area contributed by atoms with Crippen molar-refractivity contribution in [2.75, 3.05) is 18.1 Å². The average molecular weight is 315 g/mol. The second kappa shape index (κ2) is 6.11. The Morgan fingerprint density at radius 2 is 2.19 bits per heavy atom. The molecule has 0 spiro atoms. The van der Waals surface area contributed by atoms with Gasteiger partial charge >= 0.3 is 5.97 Å². The standard InChI is InChI=1S/C14H18FNO4S/c1-10-2-3-11(6-13(10)15)7-16(8-14(17)18)12-4-5-21(19,20)9-12/h2-3,6,12H,4-5,7-9H2,1H3,(H,17,18). The summed E-state index contributed by atoms with van der Waals surface area (Å²) in [5, 5.41) is 8.99. The molecule has 21 heavy (non-hydrogen) atoms. The minimum atomic E-state index is -3.09. The van der Waals surface area contributed by atoms with E-state index in [0.29, 0.717) is 17.5 Å². The Bertz CT molecular complexity index is 644. The highest BCUT2D eigenvalue weighted by atomic mass is 32.2. The van der Waals surface area contributed by atoms with E-state index >= 15 is 0 Å². The molecule has 7 heteroatoms. The van der Waals surface area contributed by atoms with Crippen LogP contribution >= 0.6 is 0 Å². The third-order valence-corrected chi connectivity index (χ3v) is 5.44. The molecule has 2 rings (SSSR count). The topological polar surface area (TPSA) is 74.7 Å². The van der Waals surface area contributed by atoms with E-state index in [-0.39, 0.29) is 36.5 Å². The summed E-state index contributed by atoms with van der Waals surface area (Å²) in [7, 11) is -3.09. The fourth-order valence-electron chi connectivity index (χ4n) is 2.52.